The molecule has 2 N–H and O–H groups in total. The molecule has 0 aromatic heterocycles. The molecule has 160 valence electrons. The molecular formula is C22H33N3O4. The highest BCUT2D eigenvalue weighted by atomic mass is 16.5. The van der Waals surface area contributed by atoms with Crippen molar-refractivity contribution in [2.75, 3.05) is 27.3 Å². The minimum absolute atomic E-state index is 0.0184. The van der Waals surface area contributed by atoms with Gasteiger partial charge in [0.2, 0.25) is 5.91 Å². The zero-order valence-corrected chi connectivity index (χ0v) is 17.8. The Balaban J connectivity index is 1.46. The van der Waals surface area contributed by atoms with Gasteiger partial charge in [-0.25, -0.2) is 4.79 Å². The van der Waals surface area contributed by atoms with Crippen molar-refractivity contribution in [1.29, 1.82) is 0 Å². The number of carbonyl (C=O) groups is 2. The summed E-state index contributed by atoms with van der Waals surface area (Å²) in [6.45, 7) is 3.71. The zero-order chi connectivity index (χ0) is 20.8. The van der Waals surface area contributed by atoms with Crippen LogP contribution < -0.4 is 20.1 Å². The van der Waals surface area contributed by atoms with Gasteiger partial charge in [0.25, 0.3) is 0 Å². The Morgan fingerprint density at radius 1 is 1.10 bits per heavy atom. The molecule has 1 aliphatic heterocycles. The van der Waals surface area contributed by atoms with Gasteiger partial charge in [0.05, 0.1) is 14.2 Å². The van der Waals surface area contributed by atoms with Crippen molar-refractivity contribution >= 4 is 11.9 Å². The molecular weight excluding hydrogens is 370 g/mol. The summed E-state index contributed by atoms with van der Waals surface area (Å²) < 4.78 is 10.7. The molecule has 1 fully saturated rings. The summed E-state index contributed by atoms with van der Waals surface area (Å²) in [5, 5.41) is 6.01. The zero-order valence-electron chi connectivity index (χ0n) is 17.8. The van der Waals surface area contributed by atoms with Crippen molar-refractivity contribution in [2.45, 2.75) is 58.0 Å². The predicted octanol–water partition coefficient (Wildman–Crippen LogP) is 2.86. The fourth-order valence-corrected chi connectivity index (χ4v) is 4.26. The third-order valence-electron chi connectivity index (χ3n) is 6.09. The van der Waals surface area contributed by atoms with Crippen LogP contribution in [0, 0.1) is 5.92 Å². The van der Waals surface area contributed by atoms with E-state index in [1.54, 1.807) is 19.1 Å². The Morgan fingerprint density at radius 2 is 1.79 bits per heavy atom. The maximum Gasteiger partial charge on any atom is 0.317 e. The number of amides is 3. The molecule has 0 spiro atoms. The van der Waals surface area contributed by atoms with E-state index in [0.29, 0.717) is 43.5 Å². The number of benzene rings is 1. The second-order valence-electron chi connectivity index (χ2n) is 8.07. The molecule has 0 radical (unpaired) electrons. The van der Waals surface area contributed by atoms with Gasteiger partial charge < -0.3 is 25.0 Å². The lowest BCUT2D eigenvalue weighted by atomic mass is 9.86. The van der Waals surface area contributed by atoms with Gasteiger partial charge in [0.15, 0.2) is 11.5 Å². The number of nitrogens with one attached hydrogen (secondary N) is 2. The lowest BCUT2D eigenvalue weighted by molar-refractivity contribution is -0.122. The van der Waals surface area contributed by atoms with Crippen LogP contribution in [0.25, 0.3) is 0 Å². The highest BCUT2D eigenvalue weighted by molar-refractivity contribution is 5.78. The first-order valence-corrected chi connectivity index (χ1v) is 10.6. The molecule has 1 aliphatic carbocycles. The van der Waals surface area contributed by atoms with Gasteiger partial charge in [-0.05, 0) is 48.4 Å². The second kappa shape index (κ2) is 9.85. The van der Waals surface area contributed by atoms with Crippen molar-refractivity contribution in [3.63, 3.8) is 0 Å². The van der Waals surface area contributed by atoms with Crippen LogP contribution >= 0.6 is 0 Å². The Labute approximate surface area is 173 Å². The summed E-state index contributed by atoms with van der Waals surface area (Å²) in [4.78, 5) is 26.5. The molecule has 0 saturated heterocycles. The SMILES string of the molecule is COc1cc2c(cc1OC)CN(C(=O)NCCC(=O)N[C@@H]1CCCC[C@H]1C)CC2. The smallest absolute Gasteiger partial charge is 0.317 e. The molecule has 0 unspecified atom stereocenters. The van der Waals surface area contributed by atoms with Crippen molar-refractivity contribution < 1.29 is 19.1 Å². The van der Waals surface area contributed by atoms with Crippen LogP contribution in [-0.2, 0) is 17.8 Å². The molecule has 3 rings (SSSR count). The van der Waals surface area contributed by atoms with Crippen molar-refractivity contribution in [1.82, 2.24) is 15.5 Å². The maximum atomic E-state index is 12.5. The summed E-state index contributed by atoms with van der Waals surface area (Å²) >= 11 is 0. The molecule has 7 heteroatoms. The lowest BCUT2D eigenvalue weighted by Gasteiger charge is -2.30. The van der Waals surface area contributed by atoms with E-state index in [-0.39, 0.29) is 18.0 Å². The number of hydrogen-bond acceptors (Lipinski definition) is 4. The molecule has 2 atom stereocenters. The Morgan fingerprint density at radius 3 is 2.48 bits per heavy atom. The highest BCUT2D eigenvalue weighted by Crippen LogP contribution is 2.33. The van der Waals surface area contributed by atoms with Gasteiger partial charge in [-0.15, -0.1) is 0 Å². The van der Waals surface area contributed by atoms with E-state index in [0.717, 1.165) is 18.4 Å². The number of hydrogen-bond donors (Lipinski definition) is 2. The van der Waals surface area contributed by atoms with Gasteiger partial charge in [-0.3, -0.25) is 4.79 Å². The number of nitrogens with zero attached hydrogens (tertiary/aromatic N) is 1. The van der Waals surface area contributed by atoms with E-state index in [1.165, 1.54) is 24.8 Å². The average Bonchev–Trinajstić information content (AvgIpc) is 2.73. The largest absolute Gasteiger partial charge is 0.493 e. The summed E-state index contributed by atoms with van der Waals surface area (Å²) in [5.41, 5.74) is 2.24. The van der Waals surface area contributed by atoms with E-state index >= 15 is 0 Å². The van der Waals surface area contributed by atoms with E-state index in [1.807, 2.05) is 12.1 Å². The van der Waals surface area contributed by atoms with Crippen LogP contribution in [-0.4, -0.2) is 50.2 Å². The van der Waals surface area contributed by atoms with Gasteiger partial charge >= 0.3 is 6.03 Å². The Hall–Kier alpha value is -2.44. The first-order chi connectivity index (χ1) is 14.0. The Kier molecular flexibility index (Phi) is 7.23. The highest BCUT2D eigenvalue weighted by Gasteiger charge is 2.24. The number of urea groups is 1. The lowest BCUT2D eigenvalue weighted by Crippen LogP contribution is -2.45. The number of methoxy groups -OCH3 is 2. The normalized spacial score (nSPS) is 21.1. The van der Waals surface area contributed by atoms with Gasteiger partial charge in [0, 0.05) is 32.1 Å². The minimum Gasteiger partial charge on any atom is -0.493 e. The predicted molar refractivity (Wildman–Crippen MR) is 111 cm³/mol. The summed E-state index contributed by atoms with van der Waals surface area (Å²) in [6, 6.07) is 4.06. The first kappa shape index (κ1) is 21.3. The molecule has 1 saturated carbocycles. The molecule has 7 nitrogen and oxygen atoms in total. The van der Waals surface area contributed by atoms with Crippen molar-refractivity contribution in [3.8, 4) is 11.5 Å². The number of carbonyl (C=O) groups excluding carboxylic acids is 2. The Bertz CT molecular complexity index is 737. The third kappa shape index (κ3) is 5.34. The van der Waals surface area contributed by atoms with E-state index in [4.69, 9.17) is 9.47 Å². The van der Waals surface area contributed by atoms with Crippen LogP contribution in [0.3, 0.4) is 0 Å². The number of ether oxygens (including phenoxy) is 2. The maximum absolute atomic E-state index is 12.5. The molecule has 0 bridgehead atoms. The van der Waals surface area contributed by atoms with Gasteiger partial charge in [0.1, 0.15) is 0 Å². The average molecular weight is 404 g/mol. The fourth-order valence-electron chi connectivity index (χ4n) is 4.26. The summed E-state index contributed by atoms with van der Waals surface area (Å²) in [5.74, 6) is 1.93. The first-order valence-electron chi connectivity index (χ1n) is 10.6. The molecule has 1 aromatic rings. The fraction of sp³-hybridized carbons (Fsp3) is 0.636. The molecule has 3 amide bonds. The standard InChI is InChI=1S/C22H33N3O4/c1-15-6-4-5-7-18(15)24-21(26)8-10-23-22(27)25-11-9-16-12-19(28-2)20(29-3)13-17(16)14-25/h12-13,15,18H,4-11,14H2,1-3H3,(H,23,27)(H,24,26)/t15-,18-/m1/s1. The number of rotatable bonds is 6. The quantitative estimate of drug-likeness (QED) is 0.765. The van der Waals surface area contributed by atoms with Crippen LogP contribution in [0.15, 0.2) is 12.1 Å². The summed E-state index contributed by atoms with van der Waals surface area (Å²) in [6.07, 6.45) is 5.74. The molecule has 2 aliphatic rings. The van der Waals surface area contributed by atoms with Crippen LogP contribution in [0.4, 0.5) is 4.79 Å². The summed E-state index contributed by atoms with van der Waals surface area (Å²) in [7, 11) is 3.23. The van der Waals surface area contributed by atoms with Crippen molar-refractivity contribution in [2.24, 2.45) is 5.92 Å². The molecule has 29 heavy (non-hydrogen) atoms. The minimum atomic E-state index is -0.135. The van der Waals surface area contributed by atoms with Crippen LogP contribution in [0.2, 0.25) is 0 Å². The van der Waals surface area contributed by atoms with Gasteiger partial charge in [-0.2, -0.15) is 0 Å². The monoisotopic (exact) mass is 403 g/mol. The van der Waals surface area contributed by atoms with Crippen LogP contribution in [0.1, 0.15) is 50.2 Å². The van der Waals surface area contributed by atoms with Crippen molar-refractivity contribution in [3.05, 3.63) is 23.3 Å². The molecule has 1 aromatic carbocycles. The van der Waals surface area contributed by atoms with E-state index in [2.05, 4.69) is 17.6 Å². The topological polar surface area (TPSA) is 79.9 Å². The van der Waals surface area contributed by atoms with E-state index in [9.17, 15) is 9.59 Å². The second-order valence-corrected chi connectivity index (χ2v) is 8.07. The van der Waals surface area contributed by atoms with Gasteiger partial charge in [-0.1, -0.05) is 19.8 Å². The molecule has 1 heterocycles. The third-order valence-corrected chi connectivity index (χ3v) is 6.09. The van der Waals surface area contributed by atoms with Crippen LogP contribution in [0.5, 0.6) is 11.5 Å². The number of fused-ring (bicyclic) bond motifs is 1. The van der Waals surface area contributed by atoms with E-state index < -0.39 is 0 Å².